The van der Waals surface area contributed by atoms with E-state index in [0.717, 1.165) is 25.0 Å². The van der Waals surface area contributed by atoms with E-state index in [-0.39, 0.29) is 5.91 Å². The van der Waals surface area contributed by atoms with Crippen molar-refractivity contribution in [1.82, 2.24) is 5.32 Å². The van der Waals surface area contributed by atoms with Crippen molar-refractivity contribution in [2.45, 2.75) is 57.7 Å². The molecule has 1 amide bonds. The summed E-state index contributed by atoms with van der Waals surface area (Å²) in [7, 11) is 0. The fourth-order valence-corrected chi connectivity index (χ4v) is 3.02. The zero-order valence-electron chi connectivity index (χ0n) is 12.7. The molecule has 1 aliphatic rings. The van der Waals surface area contributed by atoms with Crippen molar-refractivity contribution in [1.29, 1.82) is 0 Å². The summed E-state index contributed by atoms with van der Waals surface area (Å²) in [6.45, 7) is 1.72. The third-order valence-electron chi connectivity index (χ3n) is 4.29. The van der Waals surface area contributed by atoms with Crippen molar-refractivity contribution in [3.05, 3.63) is 35.4 Å². The van der Waals surface area contributed by atoms with Crippen LogP contribution >= 0.6 is 0 Å². The summed E-state index contributed by atoms with van der Waals surface area (Å²) >= 11 is 0. The zero-order chi connectivity index (χ0) is 16.2. The first-order valence-corrected chi connectivity index (χ1v) is 7.83. The van der Waals surface area contributed by atoms with Crippen molar-refractivity contribution < 1.29 is 18.0 Å². The van der Waals surface area contributed by atoms with Crippen molar-refractivity contribution in [2.24, 2.45) is 5.92 Å². The van der Waals surface area contributed by atoms with E-state index in [9.17, 15) is 18.0 Å². The number of benzene rings is 1. The van der Waals surface area contributed by atoms with Crippen LogP contribution in [0, 0.1) is 5.92 Å². The highest BCUT2D eigenvalue weighted by molar-refractivity contribution is 5.76. The average Bonchev–Trinajstić information content (AvgIpc) is 2.47. The summed E-state index contributed by atoms with van der Waals surface area (Å²) in [4.78, 5) is 12.0. The minimum absolute atomic E-state index is 0.0724. The molecule has 1 saturated carbocycles. The molecular weight excluding hydrogens is 291 g/mol. The van der Waals surface area contributed by atoms with Crippen LogP contribution in [0.5, 0.6) is 0 Å². The number of halogens is 3. The summed E-state index contributed by atoms with van der Waals surface area (Å²) in [6.07, 6.45) is 1.84. The van der Waals surface area contributed by atoms with Crippen LogP contribution in [0.25, 0.3) is 0 Å². The van der Waals surface area contributed by atoms with E-state index in [2.05, 4.69) is 5.32 Å². The van der Waals surface area contributed by atoms with Gasteiger partial charge in [-0.2, -0.15) is 13.2 Å². The molecule has 1 aromatic rings. The number of hydrogen-bond acceptors (Lipinski definition) is 1. The van der Waals surface area contributed by atoms with Gasteiger partial charge in [-0.05, 0) is 43.4 Å². The molecule has 2 rings (SSSR count). The maximum absolute atomic E-state index is 12.7. The summed E-state index contributed by atoms with van der Waals surface area (Å²) < 4.78 is 38.1. The Hall–Kier alpha value is -1.52. The number of nitrogens with one attached hydrogen (secondary N) is 1. The van der Waals surface area contributed by atoms with Crippen molar-refractivity contribution >= 4 is 5.91 Å². The molecule has 0 aromatic heterocycles. The highest BCUT2D eigenvalue weighted by Gasteiger charge is 2.30. The zero-order valence-corrected chi connectivity index (χ0v) is 12.7. The first-order valence-electron chi connectivity index (χ1n) is 7.83. The molecule has 1 N–H and O–H groups in total. The molecule has 122 valence electrons. The number of hydrogen-bond donors (Lipinski definition) is 1. The highest BCUT2D eigenvalue weighted by atomic mass is 19.4. The molecule has 0 saturated heterocycles. The Morgan fingerprint density at radius 1 is 1.27 bits per heavy atom. The molecule has 0 heterocycles. The quantitative estimate of drug-likeness (QED) is 0.845. The van der Waals surface area contributed by atoms with Crippen LogP contribution < -0.4 is 5.32 Å². The van der Waals surface area contributed by atoms with Gasteiger partial charge in [-0.25, -0.2) is 0 Å². The molecule has 0 radical (unpaired) electrons. The van der Waals surface area contributed by atoms with Crippen LogP contribution in [0.1, 0.15) is 62.6 Å². The molecule has 0 aliphatic heterocycles. The van der Waals surface area contributed by atoms with E-state index >= 15 is 0 Å². The minimum atomic E-state index is -4.36. The number of rotatable bonds is 4. The van der Waals surface area contributed by atoms with Gasteiger partial charge in [-0.1, -0.05) is 31.4 Å². The van der Waals surface area contributed by atoms with Crippen LogP contribution in [0.3, 0.4) is 0 Å². The summed E-state index contributed by atoms with van der Waals surface area (Å²) in [5, 5.41) is 2.82. The molecule has 0 bridgehead atoms. The second kappa shape index (κ2) is 7.16. The first-order chi connectivity index (χ1) is 10.4. The Morgan fingerprint density at radius 3 is 2.59 bits per heavy atom. The summed E-state index contributed by atoms with van der Waals surface area (Å²) in [5.41, 5.74) is -0.204. The fraction of sp³-hybridized carbons (Fsp3) is 0.588. The molecule has 2 nitrogen and oxygen atoms in total. The monoisotopic (exact) mass is 313 g/mol. The lowest BCUT2D eigenvalue weighted by Gasteiger charge is -2.22. The van der Waals surface area contributed by atoms with Gasteiger partial charge in [-0.15, -0.1) is 0 Å². The molecule has 1 aromatic carbocycles. The fourth-order valence-electron chi connectivity index (χ4n) is 3.02. The molecule has 5 heteroatoms. The molecule has 22 heavy (non-hydrogen) atoms. The van der Waals surface area contributed by atoms with Gasteiger partial charge in [-0.3, -0.25) is 4.79 Å². The van der Waals surface area contributed by atoms with Gasteiger partial charge < -0.3 is 5.32 Å². The third-order valence-corrected chi connectivity index (χ3v) is 4.29. The largest absolute Gasteiger partial charge is 0.416 e. The lowest BCUT2D eigenvalue weighted by atomic mass is 9.87. The lowest BCUT2D eigenvalue weighted by Crippen LogP contribution is -2.29. The van der Waals surface area contributed by atoms with Gasteiger partial charge in [0, 0.05) is 6.42 Å². The molecule has 1 unspecified atom stereocenters. The number of alkyl halides is 3. The first kappa shape index (κ1) is 16.8. The Balaban J connectivity index is 1.93. The van der Waals surface area contributed by atoms with Crippen molar-refractivity contribution in [2.75, 3.05) is 0 Å². The van der Waals surface area contributed by atoms with Crippen molar-refractivity contribution in [3.8, 4) is 0 Å². The highest BCUT2D eigenvalue weighted by Crippen LogP contribution is 2.31. The van der Waals surface area contributed by atoms with Gasteiger partial charge in [0.15, 0.2) is 0 Å². The normalized spacial score (nSPS) is 18.0. The van der Waals surface area contributed by atoms with Crippen LogP contribution in [-0.2, 0) is 11.0 Å². The average molecular weight is 313 g/mol. The number of carbonyl (C=O) groups is 1. The Kier molecular flexibility index (Phi) is 5.48. The van der Waals surface area contributed by atoms with Crippen LogP contribution in [0.2, 0.25) is 0 Å². The number of amides is 1. The van der Waals surface area contributed by atoms with Crippen LogP contribution in [0.15, 0.2) is 24.3 Å². The second-order valence-corrected chi connectivity index (χ2v) is 6.12. The lowest BCUT2D eigenvalue weighted by molar-refractivity contribution is -0.137. The van der Waals surface area contributed by atoms with E-state index < -0.39 is 17.8 Å². The van der Waals surface area contributed by atoms with E-state index in [4.69, 9.17) is 0 Å². The Labute approximate surface area is 129 Å². The van der Waals surface area contributed by atoms with Crippen molar-refractivity contribution in [3.63, 3.8) is 0 Å². The molecular formula is C17H22F3NO. The molecule has 1 fully saturated rings. The van der Waals surface area contributed by atoms with E-state index in [1.54, 1.807) is 13.0 Å². The van der Waals surface area contributed by atoms with E-state index in [1.807, 2.05) is 0 Å². The smallest absolute Gasteiger partial charge is 0.350 e. The van der Waals surface area contributed by atoms with Gasteiger partial charge in [0.25, 0.3) is 0 Å². The summed E-state index contributed by atoms with van der Waals surface area (Å²) in [5.74, 6) is 0.347. The maximum atomic E-state index is 12.7. The predicted octanol–water partition coefficient (Wildman–Crippen LogP) is 4.85. The topological polar surface area (TPSA) is 29.1 Å². The summed E-state index contributed by atoms with van der Waals surface area (Å²) in [6, 6.07) is 4.72. The van der Waals surface area contributed by atoms with E-state index in [0.29, 0.717) is 17.9 Å². The van der Waals surface area contributed by atoms with E-state index in [1.165, 1.54) is 25.3 Å². The Morgan fingerprint density at radius 2 is 1.95 bits per heavy atom. The third kappa shape index (κ3) is 4.75. The number of carbonyl (C=O) groups excluding carboxylic acids is 1. The molecule has 0 spiro atoms. The van der Waals surface area contributed by atoms with Gasteiger partial charge >= 0.3 is 6.18 Å². The SMILES string of the molecule is CC(NC(=O)CC1CCCCC1)c1cccc(C(F)(F)F)c1. The molecule has 1 atom stereocenters. The molecule has 1 aliphatic carbocycles. The standard InChI is InChI=1S/C17H22F3NO/c1-12(14-8-5-9-15(11-14)17(18,19)20)21-16(22)10-13-6-3-2-4-7-13/h5,8-9,11-13H,2-4,6-7,10H2,1H3,(H,21,22). The maximum Gasteiger partial charge on any atom is 0.416 e. The van der Waals surface area contributed by atoms with Gasteiger partial charge in [0.1, 0.15) is 0 Å². The second-order valence-electron chi connectivity index (χ2n) is 6.12. The van der Waals surface area contributed by atoms with Crippen LogP contribution in [-0.4, -0.2) is 5.91 Å². The predicted molar refractivity (Wildman–Crippen MR) is 79.2 cm³/mol. The Bertz CT molecular complexity index is 507. The minimum Gasteiger partial charge on any atom is -0.350 e. The van der Waals surface area contributed by atoms with Crippen LogP contribution in [0.4, 0.5) is 13.2 Å². The van der Waals surface area contributed by atoms with Gasteiger partial charge in [0.2, 0.25) is 5.91 Å². The van der Waals surface area contributed by atoms with Gasteiger partial charge in [0.05, 0.1) is 11.6 Å².